The third-order valence-electron chi connectivity index (χ3n) is 4.09. The Labute approximate surface area is 155 Å². The number of nitrogens with one attached hydrogen (secondary N) is 1. The van der Waals surface area contributed by atoms with Gasteiger partial charge in [-0.25, -0.2) is 0 Å². The predicted molar refractivity (Wildman–Crippen MR) is 98.5 cm³/mol. The lowest BCUT2D eigenvalue weighted by atomic mass is 10.1. The molecule has 0 saturated carbocycles. The highest BCUT2D eigenvalue weighted by Crippen LogP contribution is 2.32. The summed E-state index contributed by atoms with van der Waals surface area (Å²) in [5, 5.41) is 3.45. The van der Waals surface area contributed by atoms with E-state index in [1.165, 1.54) is 0 Å². The van der Waals surface area contributed by atoms with Crippen LogP contribution in [0.4, 0.5) is 11.4 Å². The Hall–Kier alpha value is -2.24. The molecule has 25 heavy (non-hydrogen) atoms. The minimum Gasteiger partial charge on any atom is -0.497 e. The van der Waals surface area contributed by atoms with Gasteiger partial charge in [-0.15, -0.1) is 0 Å². The molecule has 1 heterocycles. The summed E-state index contributed by atoms with van der Waals surface area (Å²) >= 11 is 12.1. The van der Waals surface area contributed by atoms with Crippen LogP contribution in [0.5, 0.6) is 5.75 Å². The summed E-state index contributed by atoms with van der Waals surface area (Å²) in [6, 6.07) is 12.1. The number of amides is 2. The maximum Gasteiger partial charge on any atom is 0.229 e. The van der Waals surface area contributed by atoms with E-state index in [0.29, 0.717) is 28.0 Å². The van der Waals surface area contributed by atoms with Crippen LogP contribution in [0.25, 0.3) is 0 Å². The van der Waals surface area contributed by atoms with Crippen LogP contribution in [0.1, 0.15) is 6.42 Å². The minimum atomic E-state index is -0.470. The normalized spacial score (nSPS) is 16.8. The molecule has 1 fully saturated rings. The lowest BCUT2D eigenvalue weighted by Crippen LogP contribution is -2.28. The van der Waals surface area contributed by atoms with E-state index < -0.39 is 5.92 Å². The summed E-state index contributed by atoms with van der Waals surface area (Å²) in [5.74, 6) is -0.144. The minimum absolute atomic E-state index is 0.101. The van der Waals surface area contributed by atoms with Gasteiger partial charge in [-0.3, -0.25) is 9.59 Å². The summed E-state index contributed by atoms with van der Waals surface area (Å²) in [6.45, 7) is 0.305. The molecular formula is C18H16Cl2N2O3. The topological polar surface area (TPSA) is 58.6 Å². The number of methoxy groups -OCH3 is 1. The SMILES string of the molecule is COc1ccc(N2CC(C(=O)Nc3c(Cl)cccc3Cl)CC2=O)cc1. The number of benzene rings is 2. The van der Waals surface area contributed by atoms with Crippen LogP contribution >= 0.6 is 23.2 Å². The summed E-state index contributed by atoms with van der Waals surface area (Å²) in [6.07, 6.45) is 0.139. The molecule has 2 aromatic rings. The van der Waals surface area contributed by atoms with Crippen molar-refractivity contribution < 1.29 is 14.3 Å². The maximum atomic E-state index is 12.5. The first-order valence-electron chi connectivity index (χ1n) is 7.69. The molecule has 5 nitrogen and oxygen atoms in total. The Balaban J connectivity index is 1.72. The third-order valence-corrected chi connectivity index (χ3v) is 4.72. The fraction of sp³-hybridized carbons (Fsp3) is 0.222. The molecule has 1 aliphatic heterocycles. The van der Waals surface area contributed by atoms with Gasteiger partial charge in [0.15, 0.2) is 0 Å². The Morgan fingerprint density at radius 1 is 1.16 bits per heavy atom. The first-order valence-corrected chi connectivity index (χ1v) is 8.44. The van der Waals surface area contributed by atoms with Crippen LogP contribution in [-0.4, -0.2) is 25.5 Å². The van der Waals surface area contributed by atoms with Gasteiger partial charge < -0.3 is 15.0 Å². The van der Waals surface area contributed by atoms with Gasteiger partial charge in [0.2, 0.25) is 11.8 Å². The number of carbonyl (C=O) groups excluding carboxylic acids is 2. The molecule has 2 amide bonds. The van der Waals surface area contributed by atoms with Crippen molar-refractivity contribution in [2.45, 2.75) is 6.42 Å². The van der Waals surface area contributed by atoms with Crippen molar-refractivity contribution in [1.82, 2.24) is 0 Å². The van der Waals surface area contributed by atoms with Crippen LogP contribution in [0, 0.1) is 5.92 Å². The summed E-state index contributed by atoms with van der Waals surface area (Å²) < 4.78 is 5.11. The van der Waals surface area contributed by atoms with E-state index in [9.17, 15) is 9.59 Å². The average molecular weight is 379 g/mol. The van der Waals surface area contributed by atoms with Crippen molar-refractivity contribution in [2.75, 3.05) is 23.9 Å². The number of ether oxygens (including phenoxy) is 1. The molecule has 0 aromatic heterocycles. The van der Waals surface area contributed by atoms with Gasteiger partial charge in [-0.1, -0.05) is 29.3 Å². The smallest absolute Gasteiger partial charge is 0.229 e. The van der Waals surface area contributed by atoms with Crippen molar-refractivity contribution in [3.63, 3.8) is 0 Å². The first-order chi connectivity index (χ1) is 12.0. The largest absolute Gasteiger partial charge is 0.497 e. The van der Waals surface area contributed by atoms with Crippen LogP contribution < -0.4 is 15.0 Å². The molecule has 1 saturated heterocycles. The maximum absolute atomic E-state index is 12.5. The fourth-order valence-electron chi connectivity index (χ4n) is 2.74. The monoisotopic (exact) mass is 378 g/mol. The lowest BCUT2D eigenvalue weighted by molar-refractivity contribution is -0.122. The molecule has 1 atom stereocenters. The highest BCUT2D eigenvalue weighted by molar-refractivity contribution is 6.39. The van der Waals surface area contributed by atoms with Gasteiger partial charge in [0.05, 0.1) is 28.8 Å². The first kappa shape index (κ1) is 17.6. The molecule has 0 aliphatic carbocycles. The number of hydrogen-bond acceptors (Lipinski definition) is 3. The average Bonchev–Trinajstić information content (AvgIpc) is 3.00. The quantitative estimate of drug-likeness (QED) is 0.874. The Kier molecular flexibility index (Phi) is 5.16. The Bertz CT molecular complexity index is 788. The number of anilines is 2. The number of halogens is 2. The standard InChI is InChI=1S/C18H16Cl2N2O3/c1-25-13-7-5-12(6-8-13)22-10-11(9-16(22)23)18(24)21-17-14(19)3-2-4-15(17)20/h2-8,11H,9-10H2,1H3,(H,21,24). The molecule has 7 heteroatoms. The molecule has 0 bridgehead atoms. The zero-order valence-electron chi connectivity index (χ0n) is 13.5. The second kappa shape index (κ2) is 7.33. The van der Waals surface area contributed by atoms with Crippen molar-refractivity contribution in [1.29, 1.82) is 0 Å². The van der Waals surface area contributed by atoms with E-state index in [1.807, 2.05) is 0 Å². The van der Waals surface area contributed by atoms with Crippen molar-refractivity contribution in [3.05, 3.63) is 52.5 Å². The van der Waals surface area contributed by atoms with Crippen molar-refractivity contribution in [3.8, 4) is 5.75 Å². The molecule has 3 rings (SSSR count). The molecule has 0 radical (unpaired) electrons. The zero-order valence-corrected chi connectivity index (χ0v) is 15.0. The molecular weight excluding hydrogens is 363 g/mol. The molecule has 1 N–H and O–H groups in total. The summed E-state index contributed by atoms with van der Waals surface area (Å²) in [7, 11) is 1.58. The third kappa shape index (κ3) is 3.72. The van der Waals surface area contributed by atoms with Gasteiger partial charge in [0.25, 0.3) is 0 Å². The summed E-state index contributed by atoms with van der Waals surface area (Å²) in [4.78, 5) is 26.4. The van der Waals surface area contributed by atoms with E-state index in [1.54, 1.807) is 54.5 Å². The number of rotatable bonds is 4. The second-order valence-corrected chi connectivity index (χ2v) is 6.50. The molecule has 2 aromatic carbocycles. The van der Waals surface area contributed by atoms with Crippen LogP contribution in [0.2, 0.25) is 10.0 Å². The van der Waals surface area contributed by atoms with E-state index in [2.05, 4.69) is 5.32 Å². The zero-order chi connectivity index (χ0) is 18.0. The number of hydrogen-bond donors (Lipinski definition) is 1. The van der Waals surface area contributed by atoms with Crippen LogP contribution in [0.3, 0.4) is 0 Å². The van der Waals surface area contributed by atoms with E-state index in [0.717, 1.165) is 5.69 Å². The van der Waals surface area contributed by atoms with E-state index >= 15 is 0 Å². The number of carbonyl (C=O) groups is 2. The van der Waals surface area contributed by atoms with Crippen LogP contribution in [0.15, 0.2) is 42.5 Å². The van der Waals surface area contributed by atoms with Crippen LogP contribution in [-0.2, 0) is 9.59 Å². The molecule has 1 unspecified atom stereocenters. The summed E-state index contributed by atoms with van der Waals surface area (Å²) in [5.41, 5.74) is 1.10. The lowest BCUT2D eigenvalue weighted by Gasteiger charge is -2.17. The van der Waals surface area contributed by atoms with Gasteiger partial charge >= 0.3 is 0 Å². The molecule has 1 aliphatic rings. The Morgan fingerprint density at radius 2 is 1.80 bits per heavy atom. The van der Waals surface area contributed by atoms with Crippen molar-refractivity contribution in [2.24, 2.45) is 5.92 Å². The number of para-hydroxylation sites is 1. The molecule has 0 spiro atoms. The van der Waals surface area contributed by atoms with E-state index in [4.69, 9.17) is 27.9 Å². The van der Waals surface area contributed by atoms with Gasteiger partial charge in [-0.2, -0.15) is 0 Å². The molecule has 130 valence electrons. The fourth-order valence-corrected chi connectivity index (χ4v) is 3.23. The highest BCUT2D eigenvalue weighted by Gasteiger charge is 2.35. The second-order valence-electron chi connectivity index (χ2n) is 5.69. The van der Waals surface area contributed by atoms with Gasteiger partial charge in [-0.05, 0) is 36.4 Å². The predicted octanol–water partition coefficient (Wildman–Crippen LogP) is 3.99. The van der Waals surface area contributed by atoms with Gasteiger partial charge in [0.1, 0.15) is 5.75 Å². The van der Waals surface area contributed by atoms with Gasteiger partial charge in [0, 0.05) is 18.7 Å². The number of nitrogens with zero attached hydrogens (tertiary/aromatic N) is 1. The Morgan fingerprint density at radius 3 is 2.40 bits per heavy atom. The highest BCUT2D eigenvalue weighted by atomic mass is 35.5. The van der Waals surface area contributed by atoms with E-state index in [-0.39, 0.29) is 18.2 Å². The van der Waals surface area contributed by atoms with Crippen molar-refractivity contribution >= 4 is 46.4 Å².